The lowest BCUT2D eigenvalue weighted by atomic mass is 10.0. The fourth-order valence-corrected chi connectivity index (χ4v) is 4.64. The van der Waals surface area contributed by atoms with Gasteiger partial charge in [-0.1, -0.05) is 50.2 Å². The Morgan fingerprint density at radius 1 is 0.846 bits per heavy atom. The van der Waals surface area contributed by atoms with Crippen molar-refractivity contribution in [1.82, 2.24) is 19.7 Å². The van der Waals surface area contributed by atoms with Crippen LogP contribution >= 0.6 is 0 Å². The molecule has 2 heterocycles. The van der Waals surface area contributed by atoms with Crippen molar-refractivity contribution in [2.24, 2.45) is 0 Å². The van der Waals surface area contributed by atoms with Crippen molar-refractivity contribution < 1.29 is 9.31 Å². The topological polar surface area (TPSA) is 90.0 Å². The number of para-hydroxylation sites is 2. The molecule has 2 aromatic heterocycles. The van der Waals surface area contributed by atoms with E-state index in [4.69, 9.17) is 0 Å². The minimum atomic E-state index is -0.754. The minimum absolute atomic E-state index is 0.0175. The summed E-state index contributed by atoms with van der Waals surface area (Å²) < 4.78 is 16.5. The molecular weight excluding hydrogens is 495 g/mol. The van der Waals surface area contributed by atoms with Gasteiger partial charge < -0.3 is 15.0 Å². The van der Waals surface area contributed by atoms with Crippen LogP contribution in [0.25, 0.3) is 17.1 Å². The molecule has 0 aliphatic rings. The second-order valence-corrected chi connectivity index (χ2v) is 9.57. The maximum absolute atomic E-state index is 15.2. The fourth-order valence-electron chi connectivity index (χ4n) is 4.64. The first-order chi connectivity index (χ1) is 18.7. The number of hydrogen-bond donors (Lipinski definition) is 0. The smallest absolute Gasteiger partial charge is 0.390 e. The van der Waals surface area contributed by atoms with E-state index >= 15 is 4.39 Å². The molecule has 0 unspecified atom stereocenters. The van der Waals surface area contributed by atoms with Crippen LogP contribution in [-0.4, -0.2) is 24.7 Å². The highest BCUT2D eigenvalue weighted by molar-refractivity contribution is 5.78. The third kappa shape index (κ3) is 4.98. The van der Waals surface area contributed by atoms with Gasteiger partial charge in [-0.3, -0.25) is 0 Å². The monoisotopic (exact) mass is 522 g/mol. The highest BCUT2D eigenvalue weighted by Gasteiger charge is 2.29. The molecule has 0 aliphatic carbocycles. The molecule has 0 aliphatic heterocycles. The molecule has 0 N–H and O–H groups in total. The Kier molecular flexibility index (Phi) is 6.89. The third-order valence-electron chi connectivity index (χ3n) is 6.44. The number of aromatic nitrogens is 4. The van der Waals surface area contributed by atoms with Crippen molar-refractivity contribution in [3.63, 3.8) is 0 Å². The summed E-state index contributed by atoms with van der Waals surface area (Å²) in [6.45, 7) is 7.62. The predicted octanol–water partition coefficient (Wildman–Crippen LogP) is 7.59. The molecule has 0 saturated heterocycles. The van der Waals surface area contributed by atoms with Gasteiger partial charge in [0.05, 0.1) is 11.3 Å². The molecule has 0 radical (unpaired) electrons. The second kappa shape index (κ2) is 10.4. The first-order valence-corrected chi connectivity index (χ1v) is 12.5. The lowest BCUT2D eigenvalue weighted by Crippen LogP contribution is -2.12. The van der Waals surface area contributed by atoms with E-state index in [-0.39, 0.29) is 17.3 Å². The van der Waals surface area contributed by atoms with Crippen LogP contribution < -0.4 is 4.90 Å². The number of anilines is 3. The van der Waals surface area contributed by atoms with Crippen LogP contribution in [0.15, 0.2) is 84.9 Å². The van der Waals surface area contributed by atoms with Gasteiger partial charge in [-0.2, -0.15) is 4.39 Å². The maximum Gasteiger partial charge on any atom is 0.492 e. The number of halogens is 1. The summed E-state index contributed by atoms with van der Waals surface area (Å²) in [5.41, 5.74) is 5.63. The molecule has 0 atom stereocenters. The zero-order chi connectivity index (χ0) is 27.7. The summed E-state index contributed by atoms with van der Waals surface area (Å²) in [5.74, 6) is -1.33. The summed E-state index contributed by atoms with van der Waals surface area (Å²) in [7, 11) is 0. The van der Waals surface area contributed by atoms with Crippen LogP contribution in [0.1, 0.15) is 36.6 Å². The standard InChI is InChI=1S/C30H27FN6O2/c1-19(2)26-16-15-25(28(31)32-26)29-33-30(37(38)39)34-36(29)27-20(3)17-24(18-21(27)4)35(22-11-7-5-8-12-22)23-13-9-6-10-14-23/h5-19H,1-4H3. The van der Waals surface area contributed by atoms with Crippen LogP contribution in [0.4, 0.5) is 27.4 Å². The van der Waals surface area contributed by atoms with Gasteiger partial charge >= 0.3 is 5.95 Å². The lowest BCUT2D eigenvalue weighted by molar-refractivity contribution is -0.394. The van der Waals surface area contributed by atoms with Crippen molar-refractivity contribution >= 4 is 23.0 Å². The van der Waals surface area contributed by atoms with Gasteiger partial charge in [0, 0.05) is 27.9 Å². The first kappa shape index (κ1) is 25.7. The molecule has 0 spiro atoms. The van der Waals surface area contributed by atoms with Gasteiger partial charge in [-0.05, 0) is 89.3 Å². The quantitative estimate of drug-likeness (QED) is 0.124. The van der Waals surface area contributed by atoms with Crippen LogP contribution in [0, 0.1) is 29.9 Å². The highest BCUT2D eigenvalue weighted by Crippen LogP contribution is 2.38. The Bertz CT molecular complexity index is 1590. The van der Waals surface area contributed by atoms with Crippen molar-refractivity contribution in [3.8, 4) is 17.1 Å². The normalized spacial score (nSPS) is 11.1. The van der Waals surface area contributed by atoms with Crippen LogP contribution in [0.5, 0.6) is 0 Å². The number of hydrogen-bond acceptors (Lipinski definition) is 6. The molecule has 0 fully saturated rings. The summed E-state index contributed by atoms with van der Waals surface area (Å²) in [6.07, 6.45) is 0. The Morgan fingerprint density at radius 3 is 1.90 bits per heavy atom. The van der Waals surface area contributed by atoms with E-state index in [1.807, 2.05) is 100 Å². The summed E-state index contributed by atoms with van der Waals surface area (Å²) in [6, 6.07) is 27.2. The number of benzene rings is 3. The second-order valence-electron chi connectivity index (χ2n) is 9.57. The molecule has 196 valence electrons. The largest absolute Gasteiger partial charge is 0.492 e. The average molecular weight is 523 g/mol. The van der Waals surface area contributed by atoms with Crippen LogP contribution in [0.2, 0.25) is 0 Å². The Morgan fingerprint density at radius 2 is 1.41 bits per heavy atom. The molecular formula is C30H27FN6O2. The Hall–Kier alpha value is -4.92. The van der Waals surface area contributed by atoms with Crippen LogP contribution in [-0.2, 0) is 0 Å². The number of pyridine rings is 1. The average Bonchev–Trinajstić information content (AvgIpc) is 3.34. The zero-order valence-corrected chi connectivity index (χ0v) is 22.0. The Labute approximate surface area is 225 Å². The van der Waals surface area contributed by atoms with E-state index < -0.39 is 16.8 Å². The molecule has 0 amide bonds. The van der Waals surface area contributed by atoms with E-state index in [9.17, 15) is 10.1 Å². The Balaban J connectivity index is 1.68. The molecule has 0 bridgehead atoms. The zero-order valence-electron chi connectivity index (χ0n) is 22.0. The SMILES string of the molecule is Cc1cc(N(c2ccccc2)c2ccccc2)cc(C)c1-n1nc([N+](=O)[O-])nc1-c1ccc(C(C)C)nc1F. The first-order valence-electron chi connectivity index (χ1n) is 12.5. The van der Waals surface area contributed by atoms with E-state index in [2.05, 4.69) is 20.0 Å². The molecule has 9 heteroatoms. The van der Waals surface area contributed by atoms with E-state index in [1.54, 1.807) is 12.1 Å². The van der Waals surface area contributed by atoms with Crippen LogP contribution in [0.3, 0.4) is 0 Å². The van der Waals surface area contributed by atoms with E-state index in [1.165, 1.54) is 4.68 Å². The lowest BCUT2D eigenvalue weighted by Gasteiger charge is -2.26. The minimum Gasteiger partial charge on any atom is -0.390 e. The van der Waals surface area contributed by atoms with Gasteiger partial charge in [0.2, 0.25) is 5.95 Å². The third-order valence-corrected chi connectivity index (χ3v) is 6.44. The molecule has 0 saturated carbocycles. The summed E-state index contributed by atoms with van der Waals surface area (Å²) >= 11 is 0. The molecule has 5 aromatic rings. The van der Waals surface area contributed by atoms with Crippen molar-refractivity contribution in [1.29, 1.82) is 0 Å². The number of nitrogens with zero attached hydrogens (tertiary/aromatic N) is 6. The molecule has 8 nitrogen and oxygen atoms in total. The molecule has 39 heavy (non-hydrogen) atoms. The summed E-state index contributed by atoms with van der Waals surface area (Å²) in [5, 5.41) is 15.8. The van der Waals surface area contributed by atoms with Gasteiger partial charge in [-0.15, -0.1) is 4.68 Å². The molecule has 3 aromatic carbocycles. The fraction of sp³-hybridized carbons (Fsp3) is 0.167. The summed E-state index contributed by atoms with van der Waals surface area (Å²) in [4.78, 5) is 21.2. The van der Waals surface area contributed by atoms with Gasteiger partial charge in [0.1, 0.15) is 0 Å². The van der Waals surface area contributed by atoms with Gasteiger partial charge in [0.25, 0.3) is 5.82 Å². The van der Waals surface area contributed by atoms with E-state index in [0.717, 1.165) is 28.2 Å². The van der Waals surface area contributed by atoms with E-state index in [0.29, 0.717) is 11.4 Å². The number of rotatable bonds is 7. The predicted molar refractivity (Wildman–Crippen MR) is 149 cm³/mol. The number of aryl methyl sites for hydroxylation is 2. The van der Waals surface area contributed by atoms with Crippen molar-refractivity contribution in [3.05, 3.63) is 118 Å². The van der Waals surface area contributed by atoms with Crippen molar-refractivity contribution in [2.45, 2.75) is 33.6 Å². The highest BCUT2D eigenvalue weighted by atomic mass is 19.1. The van der Waals surface area contributed by atoms with Crippen molar-refractivity contribution in [2.75, 3.05) is 4.90 Å². The van der Waals surface area contributed by atoms with Gasteiger partial charge in [0.15, 0.2) is 0 Å². The molecule has 5 rings (SSSR count). The van der Waals surface area contributed by atoms with Gasteiger partial charge in [-0.25, -0.2) is 4.98 Å². The number of nitro groups is 1. The maximum atomic E-state index is 15.2.